The monoisotopic (exact) mass is 289 g/mol. The van der Waals surface area contributed by atoms with Gasteiger partial charge in [-0.25, -0.2) is 4.98 Å². The van der Waals surface area contributed by atoms with Gasteiger partial charge in [-0.3, -0.25) is 0 Å². The number of ether oxygens (including phenoxy) is 1. The minimum atomic E-state index is 0.585. The molecule has 0 aliphatic heterocycles. The third-order valence-electron chi connectivity index (χ3n) is 3.94. The van der Waals surface area contributed by atoms with E-state index in [0.29, 0.717) is 17.7 Å². The van der Waals surface area contributed by atoms with Crippen LogP contribution in [-0.2, 0) is 6.42 Å². The topological polar surface area (TPSA) is 47.0 Å². The van der Waals surface area contributed by atoms with E-state index in [0.717, 1.165) is 50.5 Å². The minimum Gasteiger partial charge on any atom is -0.477 e. The summed E-state index contributed by atoms with van der Waals surface area (Å²) in [6, 6.07) is 1.91. The van der Waals surface area contributed by atoms with Gasteiger partial charge >= 0.3 is 0 Å². The van der Waals surface area contributed by atoms with E-state index in [1.54, 1.807) is 0 Å². The standard InChI is InChI=1S/C17H27N3O/c1-4-8-15-19-16(18-5-2)11-17(20-15)21-12-14-10-7-6-9-13(14)3/h6-7,11,13-14H,4-5,8-10,12H2,1-3H3,(H,18,19,20). The molecule has 2 rings (SSSR count). The van der Waals surface area contributed by atoms with Crippen LogP contribution in [0.5, 0.6) is 5.88 Å². The summed E-state index contributed by atoms with van der Waals surface area (Å²) in [7, 11) is 0. The summed E-state index contributed by atoms with van der Waals surface area (Å²) in [5, 5.41) is 3.25. The Kier molecular flexibility index (Phi) is 6.03. The van der Waals surface area contributed by atoms with Gasteiger partial charge in [0.2, 0.25) is 5.88 Å². The number of nitrogens with zero attached hydrogens (tertiary/aromatic N) is 2. The van der Waals surface area contributed by atoms with Crippen molar-refractivity contribution in [1.82, 2.24) is 9.97 Å². The van der Waals surface area contributed by atoms with E-state index >= 15 is 0 Å². The molecule has 21 heavy (non-hydrogen) atoms. The molecule has 0 fully saturated rings. The maximum atomic E-state index is 5.96. The van der Waals surface area contributed by atoms with Gasteiger partial charge in [0.25, 0.3) is 0 Å². The van der Waals surface area contributed by atoms with Crippen molar-refractivity contribution >= 4 is 5.82 Å². The first-order valence-electron chi connectivity index (χ1n) is 8.12. The van der Waals surface area contributed by atoms with Crippen LogP contribution in [0.1, 0.15) is 45.9 Å². The maximum absolute atomic E-state index is 5.96. The molecule has 0 spiro atoms. The van der Waals surface area contributed by atoms with Gasteiger partial charge in [-0.05, 0) is 38.0 Å². The molecule has 2 unspecified atom stereocenters. The van der Waals surface area contributed by atoms with Crippen molar-refractivity contribution in [3.63, 3.8) is 0 Å². The zero-order chi connectivity index (χ0) is 15.1. The maximum Gasteiger partial charge on any atom is 0.218 e. The number of anilines is 1. The van der Waals surface area contributed by atoms with Gasteiger partial charge in [0.15, 0.2) is 0 Å². The Morgan fingerprint density at radius 2 is 2.05 bits per heavy atom. The number of allylic oxidation sites excluding steroid dienone is 2. The lowest BCUT2D eigenvalue weighted by Gasteiger charge is -2.25. The molecule has 1 aliphatic carbocycles. The van der Waals surface area contributed by atoms with Gasteiger partial charge in [-0.1, -0.05) is 26.0 Å². The number of hydrogen-bond acceptors (Lipinski definition) is 4. The van der Waals surface area contributed by atoms with Gasteiger partial charge in [0.05, 0.1) is 6.61 Å². The largest absolute Gasteiger partial charge is 0.477 e. The number of rotatable bonds is 7. The molecule has 1 aliphatic rings. The molecule has 1 aromatic heterocycles. The molecule has 0 amide bonds. The van der Waals surface area contributed by atoms with E-state index in [1.165, 1.54) is 0 Å². The summed E-state index contributed by atoms with van der Waals surface area (Å²) in [6.07, 6.45) is 8.72. The summed E-state index contributed by atoms with van der Waals surface area (Å²) in [4.78, 5) is 9.03. The lowest BCUT2D eigenvalue weighted by atomic mass is 9.85. The second-order valence-electron chi connectivity index (χ2n) is 5.78. The van der Waals surface area contributed by atoms with Crippen LogP contribution in [-0.4, -0.2) is 23.1 Å². The Morgan fingerprint density at radius 3 is 2.76 bits per heavy atom. The molecule has 1 N–H and O–H groups in total. The Hall–Kier alpha value is -1.58. The normalized spacial score (nSPS) is 21.3. The Balaban J connectivity index is 2.02. The van der Waals surface area contributed by atoms with Crippen LogP contribution in [0, 0.1) is 11.8 Å². The van der Waals surface area contributed by atoms with Gasteiger partial charge in [-0.2, -0.15) is 4.98 Å². The van der Waals surface area contributed by atoms with Gasteiger partial charge < -0.3 is 10.1 Å². The van der Waals surface area contributed by atoms with E-state index in [1.807, 2.05) is 6.07 Å². The van der Waals surface area contributed by atoms with Crippen molar-refractivity contribution in [3.05, 3.63) is 24.0 Å². The molecule has 0 saturated heterocycles. The highest BCUT2D eigenvalue weighted by Gasteiger charge is 2.19. The Labute approximate surface area is 128 Å². The van der Waals surface area contributed by atoms with Gasteiger partial charge in [-0.15, -0.1) is 0 Å². The molecule has 0 bridgehead atoms. The van der Waals surface area contributed by atoms with Crippen molar-refractivity contribution < 1.29 is 4.74 Å². The van der Waals surface area contributed by atoms with Crippen LogP contribution in [0.15, 0.2) is 18.2 Å². The predicted octanol–water partition coefficient (Wildman–Crippen LogP) is 3.84. The minimum absolute atomic E-state index is 0.585. The Bertz CT molecular complexity index is 449. The van der Waals surface area contributed by atoms with Crippen LogP contribution in [0.4, 0.5) is 5.82 Å². The molecule has 0 saturated carbocycles. The molecule has 4 nitrogen and oxygen atoms in total. The third kappa shape index (κ3) is 4.73. The van der Waals surface area contributed by atoms with E-state index in [9.17, 15) is 0 Å². The second kappa shape index (κ2) is 8.01. The quantitative estimate of drug-likeness (QED) is 0.775. The fraction of sp³-hybridized carbons (Fsp3) is 0.647. The number of nitrogens with one attached hydrogen (secondary N) is 1. The highest BCUT2D eigenvalue weighted by molar-refractivity contribution is 5.38. The second-order valence-corrected chi connectivity index (χ2v) is 5.78. The van der Waals surface area contributed by atoms with Crippen LogP contribution in [0.2, 0.25) is 0 Å². The van der Waals surface area contributed by atoms with E-state index in [2.05, 4.69) is 48.2 Å². The number of hydrogen-bond donors (Lipinski definition) is 1. The van der Waals surface area contributed by atoms with Crippen LogP contribution in [0.25, 0.3) is 0 Å². The molecular weight excluding hydrogens is 262 g/mol. The average molecular weight is 289 g/mol. The van der Waals surface area contributed by atoms with Gasteiger partial charge in [0, 0.05) is 19.0 Å². The molecule has 0 aromatic carbocycles. The summed E-state index contributed by atoms with van der Waals surface area (Å²) < 4.78 is 5.96. The molecule has 116 valence electrons. The van der Waals surface area contributed by atoms with Gasteiger partial charge in [0.1, 0.15) is 11.6 Å². The lowest BCUT2D eigenvalue weighted by Crippen LogP contribution is -2.21. The lowest BCUT2D eigenvalue weighted by molar-refractivity contribution is 0.192. The fourth-order valence-electron chi connectivity index (χ4n) is 2.59. The third-order valence-corrected chi connectivity index (χ3v) is 3.94. The summed E-state index contributed by atoms with van der Waals surface area (Å²) >= 11 is 0. The van der Waals surface area contributed by atoms with Crippen molar-refractivity contribution in [3.8, 4) is 5.88 Å². The highest BCUT2D eigenvalue weighted by Crippen LogP contribution is 2.26. The first-order valence-corrected chi connectivity index (χ1v) is 8.12. The van der Waals surface area contributed by atoms with E-state index in [4.69, 9.17) is 4.74 Å². The Morgan fingerprint density at radius 1 is 1.24 bits per heavy atom. The van der Waals surface area contributed by atoms with Crippen molar-refractivity contribution in [1.29, 1.82) is 0 Å². The first kappa shape index (κ1) is 15.8. The van der Waals surface area contributed by atoms with Crippen LogP contribution < -0.4 is 10.1 Å². The molecule has 1 heterocycles. The number of aromatic nitrogens is 2. The van der Waals surface area contributed by atoms with Crippen LogP contribution in [0.3, 0.4) is 0 Å². The van der Waals surface area contributed by atoms with Crippen LogP contribution >= 0.6 is 0 Å². The average Bonchev–Trinajstić information content (AvgIpc) is 2.47. The smallest absolute Gasteiger partial charge is 0.218 e. The molecule has 0 radical (unpaired) electrons. The molecule has 4 heteroatoms. The summed E-state index contributed by atoms with van der Waals surface area (Å²) in [5.41, 5.74) is 0. The molecule has 2 atom stereocenters. The molecular formula is C17H27N3O. The zero-order valence-electron chi connectivity index (χ0n) is 13.4. The SMILES string of the molecule is CCCc1nc(NCC)cc(OCC2CC=CCC2C)n1. The highest BCUT2D eigenvalue weighted by atomic mass is 16.5. The van der Waals surface area contributed by atoms with E-state index < -0.39 is 0 Å². The number of aryl methyl sites for hydroxylation is 1. The van der Waals surface area contributed by atoms with E-state index in [-0.39, 0.29) is 0 Å². The summed E-state index contributed by atoms with van der Waals surface area (Å²) in [5.74, 6) is 3.69. The fourth-order valence-corrected chi connectivity index (χ4v) is 2.59. The summed E-state index contributed by atoms with van der Waals surface area (Å²) in [6.45, 7) is 8.09. The predicted molar refractivity (Wildman–Crippen MR) is 86.7 cm³/mol. The molecule has 1 aromatic rings. The van der Waals surface area contributed by atoms with Crippen molar-refractivity contribution in [2.75, 3.05) is 18.5 Å². The van der Waals surface area contributed by atoms with Crippen molar-refractivity contribution in [2.24, 2.45) is 11.8 Å². The zero-order valence-corrected chi connectivity index (χ0v) is 13.4. The first-order chi connectivity index (χ1) is 10.2. The van der Waals surface area contributed by atoms with Crippen molar-refractivity contribution in [2.45, 2.75) is 46.5 Å².